The zero-order valence-electron chi connectivity index (χ0n) is 13.2. The Labute approximate surface area is 119 Å². The highest BCUT2D eigenvalue weighted by Crippen LogP contribution is 2.26. The Bertz CT molecular complexity index is 254. The number of hydrogen-bond acceptors (Lipinski definition) is 3. The number of likely N-dealkylation sites (N-methyl/N-ethyl adjacent to an activating group) is 2. The van der Waals surface area contributed by atoms with Crippen molar-refractivity contribution in [2.45, 2.75) is 57.5 Å². The van der Waals surface area contributed by atoms with E-state index in [1.807, 2.05) is 0 Å². The van der Waals surface area contributed by atoms with E-state index in [9.17, 15) is 0 Å². The number of likely N-dealkylation sites (tertiary alicyclic amines) is 1. The summed E-state index contributed by atoms with van der Waals surface area (Å²) in [6.07, 6.45) is 8.42. The van der Waals surface area contributed by atoms with Crippen LogP contribution in [0.4, 0.5) is 0 Å². The second-order valence-electron chi connectivity index (χ2n) is 6.71. The van der Waals surface area contributed by atoms with Crippen LogP contribution in [0.25, 0.3) is 0 Å². The van der Waals surface area contributed by atoms with E-state index < -0.39 is 0 Å². The number of rotatable bonds is 5. The molecule has 1 aliphatic carbocycles. The molecule has 0 aromatic heterocycles. The molecule has 1 N–H and O–H groups in total. The van der Waals surface area contributed by atoms with Crippen molar-refractivity contribution >= 4 is 0 Å². The molecule has 1 saturated carbocycles. The Hall–Kier alpha value is -0.120. The van der Waals surface area contributed by atoms with Crippen molar-refractivity contribution in [1.82, 2.24) is 15.1 Å². The van der Waals surface area contributed by atoms with Crippen LogP contribution in [0.1, 0.15) is 45.4 Å². The quantitative estimate of drug-likeness (QED) is 0.824. The van der Waals surface area contributed by atoms with Crippen molar-refractivity contribution in [2.75, 3.05) is 40.3 Å². The van der Waals surface area contributed by atoms with E-state index in [0.29, 0.717) is 0 Å². The number of piperidine rings is 1. The Morgan fingerprint density at radius 1 is 1.16 bits per heavy atom. The summed E-state index contributed by atoms with van der Waals surface area (Å²) in [5.41, 5.74) is 0. The lowest BCUT2D eigenvalue weighted by atomic mass is 9.83. The van der Waals surface area contributed by atoms with Crippen molar-refractivity contribution in [3.63, 3.8) is 0 Å². The molecule has 3 nitrogen and oxygen atoms in total. The first-order chi connectivity index (χ1) is 9.20. The van der Waals surface area contributed by atoms with Gasteiger partial charge in [0.05, 0.1) is 0 Å². The summed E-state index contributed by atoms with van der Waals surface area (Å²) in [5.74, 6) is 0.867. The summed E-state index contributed by atoms with van der Waals surface area (Å²) in [6, 6.07) is 1.55. The Morgan fingerprint density at radius 3 is 2.68 bits per heavy atom. The molecule has 112 valence electrons. The molecule has 0 aromatic rings. The van der Waals surface area contributed by atoms with Gasteiger partial charge in [-0.25, -0.2) is 0 Å². The molecule has 1 saturated heterocycles. The zero-order valence-corrected chi connectivity index (χ0v) is 13.2. The molecule has 2 rings (SSSR count). The van der Waals surface area contributed by atoms with E-state index in [0.717, 1.165) is 24.5 Å². The van der Waals surface area contributed by atoms with Gasteiger partial charge >= 0.3 is 0 Å². The average molecular weight is 267 g/mol. The van der Waals surface area contributed by atoms with Crippen LogP contribution in [-0.2, 0) is 0 Å². The van der Waals surface area contributed by atoms with E-state index in [1.54, 1.807) is 0 Å². The summed E-state index contributed by atoms with van der Waals surface area (Å²) in [7, 11) is 4.61. The fourth-order valence-electron chi connectivity index (χ4n) is 3.98. The second kappa shape index (κ2) is 7.61. The summed E-state index contributed by atoms with van der Waals surface area (Å²) < 4.78 is 0. The molecule has 3 atom stereocenters. The Balaban J connectivity index is 1.83. The van der Waals surface area contributed by atoms with Crippen LogP contribution in [0.2, 0.25) is 0 Å². The minimum atomic E-state index is 0.766. The third-order valence-corrected chi connectivity index (χ3v) is 5.12. The predicted octanol–water partition coefficient (Wildman–Crippen LogP) is 2.18. The highest BCUT2D eigenvalue weighted by Gasteiger charge is 2.28. The van der Waals surface area contributed by atoms with Crippen LogP contribution in [0, 0.1) is 5.92 Å². The van der Waals surface area contributed by atoms with Crippen LogP contribution >= 0.6 is 0 Å². The summed E-state index contributed by atoms with van der Waals surface area (Å²) in [6.45, 7) is 7.20. The number of nitrogens with one attached hydrogen (secondary N) is 1. The summed E-state index contributed by atoms with van der Waals surface area (Å²) in [4.78, 5) is 5.14. The van der Waals surface area contributed by atoms with E-state index in [-0.39, 0.29) is 0 Å². The maximum atomic E-state index is 3.71. The smallest absolute Gasteiger partial charge is 0.0220 e. The minimum Gasteiger partial charge on any atom is -0.314 e. The lowest BCUT2D eigenvalue weighted by Crippen LogP contribution is -2.49. The van der Waals surface area contributed by atoms with Crippen LogP contribution < -0.4 is 5.32 Å². The lowest BCUT2D eigenvalue weighted by molar-refractivity contribution is 0.102. The molecule has 0 amide bonds. The van der Waals surface area contributed by atoms with E-state index in [2.05, 4.69) is 36.1 Å². The van der Waals surface area contributed by atoms with Crippen molar-refractivity contribution in [1.29, 1.82) is 0 Å². The van der Waals surface area contributed by atoms with E-state index in [1.165, 1.54) is 58.2 Å². The SMILES string of the molecule is CCNC1CCCCC1CN(C)C1CCCN(C)C1. The monoisotopic (exact) mass is 267 g/mol. The lowest BCUT2D eigenvalue weighted by Gasteiger charge is -2.40. The molecular weight excluding hydrogens is 234 g/mol. The van der Waals surface area contributed by atoms with Gasteiger partial charge in [0.15, 0.2) is 0 Å². The van der Waals surface area contributed by atoms with E-state index >= 15 is 0 Å². The van der Waals surface area contributed by atoms with Crippen molar-refractivity contribution < 1.29 is 0 Å². The number of nitrogens with zero attached hydrogens (tertiary/aromatic N) is 2. The first-order valence-corrected chi connectivity index (χ1v) is 8.33. The average Bonchev–Trinajstić information content (AvgIpc) is 2.41. The van der Waals surface area contributed by atoms with Crippen LogP contribution in [0.3, 0.4) is 0 Å². The topological polar surface area (TPSA) is 18.5 Å². The first kappa shape index (κ1) is 15.3. The molecule has 3 heteroatoms. The second-order valence-corrected chi connectivity index (χ2v) is 6.71. The van der Waals surface area contributed by atoms with Gasteiger partial charge in [-0.05, 0) is 58.8 Å². The third kappa shape index (κ3) is 4.44. The van der Waals surface area contributed by atoms with Crippen LogP contribution in [-0.4, -0.2) is 62.2 Å². The van der Waals surface area contributed by atoms with E-state index in [4.69, 9.17) is 0 Å². The van der Waals surface area contributed by atoms with Crippen LogP contribution in [0.15, 0.2) is 0 Å². The third-order valence-electron chi connectivity index (χ3n) is 5.12. The Morgan fingerprint density at radius 2 is 1.95 bits per heavy atom. The van der Waals surface area contributed by atoms with Crippen LogP contribution in [0.5, 0.6) is 0 Å². The van der Waals surface area contributed by atoms with Gasteiger partial charge in [-0.3, -0.25) is 0 Å². The molecule has 0 bridgehead atoms. The molecule has 19 heavy (non-hydrogen) atoms. The largest absolute Gasteiger partial charge is 0.314 e. The molecular formula is C16H33N3. The van der Waals surface area contributed by atoms with Gasteiger partial charge in [0.2, 0.25) is 0 Å². The molecule has 2 aliphatic rings. The van der Waals surface area contributed by atoms with Gasteiger partial charge < -0.3 is 15.1 Å². The van der Waals surface area contributed by atoms with Gasteiger partial charge in [0.1, 0.15) is 0 Å². The zero-order chi connectivity index (χ0) is 13.7. The van der Waals surface area contributed by atoms with Gasteiger partial charge in [-0.1, -0.05) is 19.8 Å². The highest BCUT2D eigenvalue weighted by atomic mass is 15.2. The van der Waals surface area contributed by atoms with Crippen molar-refractivity contribution in [2.24, 2.45) is 5.92 Å². The van der Waals surface area contributed by atoms with Gasteiger partial charge in [0, 0.05) is 25.2 Å². The molecule has 0 spiro atoms. The Kier molecular flexibility index (Phi) is 6.11. The van der Waals surface area contributed by atoms with Crippen molar-refractivity contribution in [3.05, 3.63) is 0 Å². The molecule has 2 fully saturated rings. The highest BCUT2D eigenvalue weighted by molar-refractivity contribution is 4.85. The fraction of sp³-hybridized carbons (Fsp3) is 1.00. The van der Waals surface area contributed by atoms with Gasteiger partial charge in [-0.2, -0.15) is 0 Å². The number of hydrogen-bond donors (Lipinski definition) is 1. The summed E-state index contributed by atoms with van der Waals surface area (Å²) in [5, 5.41) is 3.71. The van der Waals surface area contributed by atoms with Crippen molar-refractivity contribution in [3.8, 4) is 0 Å². The first-order valence-electron chi connectivity index (χ1n) is 8.33. The standard InChI is InChI=1S/C16H33N3/c1-4-17-16-10-6-5-8-14(16)12-19(3)15-9-7-11-18(2)13-15/h14-17H,4-13H2,1-3H3. The molecule has 1 heterocycles. The molecule has 0 aromatic carbocycles. The summed E-state index contributed by atoms with van der Waals surface area (Å²) >= 11 is 0. The fourth-order valence-corrected chi connectivity index (χ4v) is 3.98. The van der Waals surface area contributed by atoms with Gasteiger partial charge in [-0.15, -0.1) is 0 Å². The minimum absolute atomic E-state index is 0.766. The molecule has 1 aliphatic heterocycles. The normalized spacial score (nSPS) is 33.8. The molecule has 0 radical (unpaired) electrons. The maximum Gasteiger partial charge on any atom is 0.0220 e. The molecule has 3 unspecified atom stereocenters. The predicted molar refractivity (Wildman–Crippen MR) is 82.6 cm³/mol. The maximum absolute atomic E-state index is 3.71. The van der Waals surface area contributed by atoms with Gasteiger partial charge in [0.25, 0.3) is 0 Å².